The Morgan fingerprint density at radius 3 is 2.35 bits per heavy atom. The van der Waals surface area contributed by atoms with Crippen LogP contribution in [0.5, 0.6) is 5.75 Å². The van der Waals surface area contributed by atoms with Crippen molar-refractivity contribution >= 4 is 5.91 Å². The van der Waals surface area contributed by atoms with Gasteiger partial charge in [0.05, 0.1) is 19.4 Å². The number of benzene rings is 1. The minimum absolute atomic E-state index is 0.0998. The number of nitrogens with zero attached hydrogens (tertiary/aromatic N) is 1. The second-order valence-corrected chi connectivity index (χ2v) is 6.57. The fourth-order valence-electron chi connectivity index (χ4n) is 2.34. The Morgan fingerprint density at radius 2 is 1.83 bits per heavy atom. The van der Waals surface area contributed by atoms with E-state index < -0.39 is 5.41 Å². The molecule has 0 aliphatic carbocycles. The molecule has 0 fully saturated rings. The van der Waals surface area contributed by atoms with Crippen LogP contribution in [0.25, 0.3) is 0 Å². The van der Waals surface area contributed by atoms with Crippen LogP contribution in [0.15, 0.2) is 47.1 Å². The first-order valence-electron chi connectivity index (χ1n) is 7.93. The molecule has 0 saturated heterocycles. The smallest absolute Gasteiger partial charge is 0.228 e. The van der Waals surface area contributed by atoms with E-state index in [2.05, 4.69) is 0 Å². The summed E-state index contributed by atoms with van der Waals surface area (Å²) in [6.07, 6.45) is 1.63. The first kappa shape index (κ1) is 17.1. The van der Waals surface area contributed by atoms with Crippen LogP contribution < -0.4 is 4.74 Å². The number of ether oxygens (including phenoxy) is 1. The summed E-state index contributed by atoms with van der Waals surface area (Å²) in [7, 11) is 0. The van der Waals surface area contributed by atoms with E-state index in [0.29, 0.717) is 19.7 Å². The molecule has 1 heterocycles. The molecule has 0 atom stereocenters. The fourth-order valence-corrected chi connectivity index (χ4v) is 2.34. The lowest BCUT2D eigenvalue weighted by Crippen LogP contribution is -2.38. The molecule has 124 valence electrons. The summed E-state index contributed by atoms with van der Waals surface area (Å²) in [4.78, 5) is 14.6. The number of amides is 1. The monoisotopic (exact) mass is 315 g/mol. The number of carbonyl (C=O) groups excluding carboxylic acids is 1. The molecule has 2 aromatic rings. The van der Waals surface area contributed by atoms with Gasteiger partial charge < -0.3 is 14.1 Å². The van der Waals surface area contributed by atoms with Gasteiger partial charge in [-0.1, -0.05) is 32.9 Å². The summed E-state index contributed by atoms with van der Waals surface area (Å²) >= 11 is 0. The summed E-state index contributed by atoms with van der Waals surface area (Å²) < 4.78 is 10.9. The summed E-state index contributed by atoms with van der Waals surface area (Å²) in [6.45, 7) is 9.42. The van der Waals surface area contributed by atoms with Crippen LogP contribution in [0.2, 0.25) is 0 Å². The molecule has 0 spiro atoms. The first-order chi connectivity index (χ1) is 10.9. The van der Waals surface area contributed by atoms with E-state index in [1.54, 1.807) is 6.26 Å². The van der Waals surface area contributed by atoms with Crippen molar-refractivity contribution in [3.63, 3.8) is 0 Å². The van der Waals surface area contributed by atoms with E-state index in [1.807, 2.05) is 69.0 Å². The third kappa shape index (κ3) is 4.88. The van der Waals surface area contributed by atoms with E-state index in [0.717, 1.165) is 17.1 Å². The topological polar surface area (TPSA) is 42.7 Å². The van der Waals surface area contributed by atoms with Gasteiger partial charge in [-0.2, -0.15) is 0 Å². The maximum Gasteiger partial charge on any atom is 0.228 e. The van der Waals surface area contributed by atoms with Crippen molar-refractivity contribution in [2.45, 2.75) is 40.8 Å². The average Bonchev–Trinajstić information content (AvgIpc) is 3.00. The Bertz CT molecular complexity index is 609. The van der Waals surface area contributed by atoms with E-state index in [9.17, 15) is 4.79 Å². The average molecular weight is 315 g/mol. The van der Waals surface area contributed by atoms with Gasteiger partial charge in [0.1, 0.15) is 11.5 Å². The zero-order valence-electron chi connectivity index (χ0n) is 14.3. The number of carbonyl (C=O) groups is 1. The zero-order valence-corrected chi connectivity index (χ0v) is 14.3. The van der Waals surface area contributed by atoms with Crippen molar-refractivity contribution in [2.24, 2.45) is 5.41 Å². The molecule has 0 N–H and O–H groups in total. The molecule has 4 nitrogen and oxygen atoms in total. The Balaban J connectivity index is 2.14. The highest BCUT2D eigenvalue weighted by Crippen LogP contribution is 2.22. The van der Waals surface area contributed by atoms with Crippen LogP contribution >= 0.6 is 0 Å². The third-order valence-electron chi connectivity index (χ3n) is 3.46. The molecule has 0 radical (unpaired) electrons. The van der Waals surface area contributed by atoms with E-state index in [4.69, 9.17) is 9.15 Å². The highest BCUT2D eigenvalue weighted by molar-refractivity contribution is 5.81. The van der Waals surface area contributed by atoms with E-state index in [-0.39, 0.29) is 5.91 Å². The summed E-state index contributed by atoms with van der Waals surface area (Å²) in [5, 5.41) is 0. The van der Waals surface area contributed by atoms with Crippen molar-refractivity contribution in [3.05, 3.63) is 54.0 Å². The standard InChI is InChI=1S/C19H25NO3/c1-5-22-16-10-8-15(9-11-16)13-20(18(21)19(2,3)4)14-17-7-6-12-23-17/h6-12H,5,13-14H2,1-4H3. The molecule has 2 rings (SSSR count). The van der Waals surface area contributed by atoms with Crippen LogP contribution in [0, 0.1) is 5.41 Å². The molecule has 1 amide bonds. The van der Waals surface area contributed by atoms with E-state index in [1.165, 1.54) is 0 Å². The molecular weight excluding hydrogens is 290 g/mol. The van der Waals surface area contributed by atoms with Gasteiger partial charge in [0.25, 0.3) is 0 Å². The van der Waals surface area contributed by atoms with Crippen LogP contribution in [-0.4, -0.2) is 17.4 Å². The zero-order chi connectivity index (χ0) is 16.9. The minimum Gasteiger partial charge on any atom is -0.494 e. The Labute approximate surface area is 138 Å². The maximum atomic E-state index is 12.7. The van der Waals surface area contributed by atoms with Crippen LogP contribution in [0.4, 0.5) is 0 Å². The van der Waals surface area contributed by atoms with E-state index >= 15 is 0 Å². The predicted molar refractivity (Wildman–Crippen MR) is 90.0 cm³/mol. The quantitative estimate of drug-likeness (QED) is 0.800. The van der Waals surface area contributed by atoms with Gasteiger partial charge in [-0.3, -0.25) is 4.79 Å². The summed E-state index contributed by atoms with van der Waals surface area (Å²) in [6, 6.07) is 11.6. The van der Waals surface area contributed by atoms with Gasteiger partial charge >= 0.3 is 0 Å². The number of furan rings is 1. The molecule has 0 bridgehead atoms. The van der Waals surface area contributed by atoms with Crippen molar-refractivity contribution < 1.29 is 13.9 Å². The second-order valence-electron chi connectivity index (χ2n) is 6.57. The molecule has 4 heteroatoms. The Hall–Kier alpha value is -2.23. The van der Waals surface area contributed by atoms with Crippen LogP contribution in [-0.2, 0) is 17.9 Å². The Kier molecular flexibility index (Phi) is 5.48. The second kappa shape index (κ2) is 7.36. The molecule has 0 saturated carbocycles. The predicted octanol–water partition coefficient (Wildman–Crippen LogP) is 4.25. The van der Waals surface area contributed by atoms with Gasteiger partial charge in [-0.05, 0) is 36.8 Å². The minimum atomic E-state index is -0.433. The van der Waals surface area contributed by atoms with Crippen molar-refractivity contribution in [2.75, 3.05) is 6.61 Å². The lowest BCUT2D eigenvalue weighted by molar-refractivity contribution is -0.141. The maximum absolute atomic E-state index is 12.7. The molecule has 0 aliphatic heterocycles. The first-order valence-corrected chi connectivity index (χ1v) is 7.93. The van der Waals surface area contributed by atoms with Crippen LogP contribution in [0.1, 0.15) is 39.0 Å². The van der Waals surface area contributed by atoms with Crippen molar-refractivity contribution in [1.29, 1.82) is 0 Å². The lowest BCUT2D eigenvalue weighted by Gasteiger charge is -2.29. The lowest BCUT2D eigenvalue weighted by atomic mass is 9.94. The van der Waals surface area contributed by atoms with Crippen molar-refractivity contribution in [3.8, 4) is 5.75 Å². The summed E-state index contributed by atoms with van der Waals surface area (Å²) in [5.41, 5.74) is 0.635. The molecular formula is C19H25NO3. The van der Waals surface area contributed by atoms with Crippen molar-refractivity contribution in [1.82, 2.24) is 4.90 Å². The van der Waals surface area contributed by atoms with Gasteiger partial charge in [0.2, 0.25) is 5.91 Å². The molecule has 1 aromatic carbocycles. The Morgan fingerprint density at radius 1 is 1.13 bits per heavy atom. The SMILES string of the molecule is CCOc1ccc(CN(Cc2ccco2)C(=O)C(C)(C)C)cc1. The van der Waals surface area contributed by atoms with Gasteiger partial charge in [0, 0.05) is 12.0 Å². The fraction of sp³-hybridized carbons (Fsp3) is 0.421. The highest BCUT2D eigenvalue weighted by Gasteiger charge is 2.27. The normalized spacial score (nSPS) is 11.3. The molecule has 0 aliphatic rings. The largest absolute Gasteiger partial charge is 0.494 e. The van der Waals surface area contributed by atoms with Gasteiger partial charge in [0.15, 0.2) is 0 Å². The molecule has 1 aromatic heterocycles. The highest BCUT2D eigenvalue weighted by atomic mass is 16.5. The number of rotatable bonds is 6. The third-order valence-corrected chi connectivity index (χ3v) is 3.46. The molecule has 0 unspecified atom stereocenters. The van der Waals surface area contributed by atoms with Gasteiger partial charge in [-0.15, -0.1) is 0 Å². The molecule has 23 heavy (non-hydrogen) atoms. The summed E-state index contributed by atoms with van der Waals surface area (Å²) in [5.74, 6) is 1.73. The number of hydrogen-bond donors (Lipinski definition) is 0. The van der Waals surface area contributed by atoms with Gasteiger partial charge in [-0.25, -0.2) is 0 Å². The number of hydrogen-bond acceptors (Lipinski definition) is 3. The van der Waals surface area contributed by atoms with Crippen LogP contribution in [0.3, 0.4) is 0 Å².